The van der Waals surface area contributed by atoms with E-state index in [1.165, 1.54) is 5.56 Å². The van der Waals surface area contributed by atoms with Crippen LogP contribution in [0.15, 0.2) is 52.1 Å². The van der Waals surface area contributed by atoms with Gasteiger partial charge in [0.05, 0.1) is 18.1 Å². The van der Waals surface area contributed by atoms with Crippen LogP contribution in [0.25, 0.3) is 22.6 Å². The van der Waals surface area contributed by atoms with Gasteiger partial charge in [0.2, 0.25) is 0 Å². The molecule has 0 amide bonds. The van der Waals surface area contributed by atoms with Gasteiger partial charge in [0.15, 0.2) is 11.5 Å². The molecule has 0 atom stereocenters. The molecule has 0 fully saturated rings. The molecule has 4 rings (SSSR count). The Bertz CT molecular complexity index is 1230. The highest BCUT2D eigenvalue weighted by Gasteiger charge is 2.19. The Kier molecular flexibility index (Phi) is 4.65. The van der Waals surface area contributed by atoms with Crippen molar-refractivity contribution in [1.82, 2.24) is 19.5 Å². The number of nitrogens with one attached hydrogen (secondary N) is 1. The summed E-state index contributed by atoms with van der Waals surface area (Å²) in [6.07, 6.45) is 1.69. The zero-order chi connectivity index (χ0) is 19.7. The molecule has 0 radical (unpaired) electrons. The Morgan fingerprint density at radius 3 is 2.64 bits per heavy atom. The molecule has 0 aliphatic carbocycles. The Balaban J connectivity index is 1.86. The van der Waals surface area contributed by atoms with Gasteiger partial charge < -0.3 is 9.30 Å². The number of methoxy groups -OCH3 is 1. The lowest BCUT2D eigenvalue weighted by Crippen LogP contribution is -2.29. The summed E-state index contributed by atoms with van der Waals surface area (Å²) in [4.78, 5) is 34.8. The molecule has 142 valence electrons. The molecule has 28 heavy (non-hydrogen) atoms. The quantitative estimate of drug-likeness (QED) is 0.541. The molecule has 0 unspecified atom stereocenters. The first-order valence-electron chi connectivity index (χ1n) is 9.10. The number of aryl methyl sites for hydroxylation is 3. The van der Waals surface area contributed by atoms with E-state index in [-0.39, 0.29) is 5.69 Å². The fourth-order valence-corrected chi connectivity index (χ4v) is 3.46. The third-order valence-corrected chi connectivity index (χ3v) is 4.82. The van der Waals surface area contributed by atoms with Crippen LogP contribution in [-0.2, 0) is 13.0 Å². The first kappa shape index (κ1) is 17.9. The number of hydrogen-bond donors (Lipinski definition) is 1. The molecular weight excluding hydrogens is 356 g/mol. The molecule has 2 aliphatic rings. The Labute approximate surface area is 161 Å². The Morgan fingerprint density at radius 1 is 1.11 bits per heavy atom. The maximum Gasteiger partial charge on any atom is 0.349 e. The smallest absolute Gasteiger partial charge is 0.349 e. The highest BCUT2D eigenvalue weighted by Crippen LogP contribution is 2.28. The van der Waals surface area contributed by atoms with Crippen LogP contribution >= 0.6 is 0 Å². The lowest BCUT2D eigenvalue weighted by molar-refractivity contribution is 0.412. The van der Waals surface area contributed by atoms with E-state index >= 15 is 0 Å². The SMILES string of the molecule is COc1cc2c(cc1C)nc1c(=O)[nH]c(=O)nc-1n2CCCc1ccccc1. The maximum absolute atomic E-state index is 12.3. The number of aromatic amines is 1. The van der Waals surface area contributed by atoms with Crippen molar-refractivity contribution in [2.24, 2.45) is 0 Å². The largest absolute Gasteiger partial charge is 0.496 e. The fourth-order valence-electron chi connectivity index (χ4n) is 3.46. The number of benzene rings is 2. The second-order valence-corrected chi connectivity index (χ2v) is 6.71. The standard InChI is InChI=1S/C21H20N4O3/c1-13-11-15-16(12-17(13)28-2)25(10-6-9-14-7-4-3-5-8-14)19-18(22-15)20(26)24-21(27)23-19/h3-5,7-8,11-12H,6,9-10H2,1-2H3,(H,24,26,27). The lowest BCUT2D eigenvalue weighted by Gasteiger charge is -2.18. The highest BCUT2D eigenvalue weighted by atomic mass is 16.5. The number of hydrogen-bond acceptors (Lipinski definition) is 5. The molecule has 0 saturated carbocycles. The van der Waals surface area contributed by atoms with E-state index in [2.05, 4.69) is 27.1 Å². The van der Waals surface area contributed by atoms with Gasteiger partial charge in [0.1, 0.15) is 5.75 Å². The number of nitrogens with zero attached hydrogens (tertiary/aromatic N) is 3. The van der Waals surface area contributed by atoms with Crippen molar-refractivity contribution in [3.05, 3.63) is 74.4 Å². The van der Waals surface area contributed by atoms with Crippen LogP contribution in [0.3, 0.4) is 0 Å². The van der Waals surface area contributed by atoms with Crippen molar-refractivity contribution < 1.29 is 4.74 Å². The molecule has 1 N–H and O–H groups in total. The van der Waals surface area contributed by atoms with E-state index in [1.807, 2.05) is 41.8 Å². The van der Waals surface area contributed by atoms with Crippen molar-refractivity contribution in [3.63, 3.8) is 0 Å². The van der Waals surface area contributed by atoms with E-state index in [0.717, 1.165) is 29.7 Å². The van der Waals surface area contributed by atoms with Crippen LogP contribution in [0.4, 0.5) is 0 Å². The zero-order valence-electron chi connectivity index (χ0n) is 15.7. The number of aromatic nitrogens is 4. The van der Waals surface area contributed by atoms with Crippen LogP contribution in [0.5, 0.6) is 5.75 Å². The topological polar surface area (TPSA) is 89.9 Å². The second kappa shape index (κ2) is 7.26. The van der Waals surface area contributed by atoms with Crippen LogP contribution in [0.2, 0.25) is 0 Å². The third-order valence-electron chi connectivity index (χ3n) is 4.82. The summed E-state index contributed by atoms with van der Waals surface area (Å²) in [5, 5.41) is 0. The van der Waals surface area contributed by atoms with E-state index < -0.39 is 11.2 Å². The van der Waals surface area contributed by atoms with Gasteiger partial charge >= 0.3 is 5.69 Å². The predicted octanol–water partition coefficient (Wildman–Crippen LogP) is 2.53. The number of ether oxygens (including phenoxy) is 1. The maximum atomic E-state index is 12.3. The van der Waals surface area contributed by atoms with Gasteiger partial charge in [-0.1, -0.05) is 30.3 Å². The van der Waals surface area contributed by atoms with Gasteiger partial charge in [-0.2, -0.15) is 4.98 Å². The van der Waals surface area contributed by atoms with E-state index in [0.29, 0.717) is 17.9 Å². The minimum atomic E-state index is -0.672. The lowest BCUT2D eigenvalue weighted by atomic mass is 10.1. The first-order chi connectivity index (χ1) is 13.6. The zero-order valence-corrected chi connectivity index (χ0v) is 15.7. The normalized spacial score (nSPS) is 11.2. The molecule has 7 heteroatoms. The van der Waals surface area contributed by atoms with E-state index in [1.54, 1.807) is 7.11 Å². The van der Waals surface area contributed by atoms with Crippen LogP contribution in [0, 0.1) is 6.92 Å². The van der Waals surface area contributed by atoms with Crippen LogP contribution in [-0.4, -0.2) is 26.6 Å². The number of fused-ring (bicyclic) bond motifs is 2. The van der Waals surface area contributed by atoms with Crippen molar-refractivity contribution in [1.29, 1.82) is 0 Å². The van der Waals surface area contributed by atoms with Crippen LogP contribution in [0.1, 0.15) is 17.5 Å². The van der Waals surface area contributed by atoms with Gasteiger partial charge in [0, 0.05) is 12.6 Å². The Hall–Kier alpha value is -3.48. The minimum Gasteiger partial charge on any atom is -0.496 e. The average Bonchev–Trinajstić information content (AvgIpc) is 2.68. The highest BCUT2D eigenvalue weighted by molar-refractivity contribution is 5.82. The number of H-pyrrole nitrogens is 1. The molecule has 7 nitrogen and oxygen atoms in total. The summed E-state index contributed by atoms with van der Waals surface area (Å²) in [6.45, 7) is 2.51. The molecule has 2 aromatic rings. The molecule has 2 aromatic carbocycles. The third kappa shape index (κ3) is 3.26. The van der Waals surface area contributed by atoms with Crippen molar-refractivity contribution in [3.8, 4) is 17.3 Å². The van der Waals surface area contributed by atoms with Gasteiger partial charge in [-0.25, -0.2) is 9.78 Å². The summed E-state index contributed by atoms with van der Waals surface area (Å²) in [5.41, 5.74) is 2.56. The van der Waals surface area contributed by atoms with E-state index in [9.17, 15) is 9.59 Å². The molecule has 2 aliphatic heterocycles. The molecule has 0 spiro atoms. The summed E-state index contributed by atoms with van der Waals surface area (Å²) in [6, 6.07) is 13.9. The van der Waals surface area contributed by atoms with Crippen molar-refractivity contribution in [2.75, 3.05) is 7.11 Å². The molecule has 2 heterocycles. The summed E-state index contributed by atoms with van der Waals surface area (Å²) in [5.74, 6) is 1.01. The Morgan fingerprint density at radius 2 is 1.89 bits per heavy atom. The summed E-state index contributed by atoms with van der Waals surface area (Å²) in [7, 11) is 1.61. The van der Waals surface area contributed by atoms with Crippen LogP contribution < -0.4 is 16.0 Å². The van der Waals surface area contributed by atoms with Gasteiger partial charge in [-0.3, -0.25) is 9.78 Å². The van der Waals surface area contributed by atoms with Gasteiger partial charge in [0.25, 0.3) is 5.56 Å². The average molecular weight is 376 g/mol. The van der Waals surface area contributed by atoms with Crippen molar-refractivity contribution in [2.45, 2.75) is 26.3 Å². The molecule has 0 aromatic heterocycles. The molecule has 0 saturated heterocycles. The van der Waals surface area contributed by atoms with Gasteiger partial charge in [-0.15, -0.1) is 0 Å². The number of rotatable bonds is 5. The second-order valence-electron chi connectivity index (χ2n) is 6.71. The summed E-state index contributed by atoms with van der Waals surface area (Å²) >= 11 is 0. The monoisotopic (exact) mass is 376 g/mol. The first-order valence-corrected chi connectivity index (χ1v) is 9.10. The minimum absolute atomic E-state index is 0.163. The predicted molar refractivity (Wildman–Crippen MR) is 107 cm³/mol. The molecule has 0 bridgehead atoms. The van der Waals surface area contributed by atoms with E-state index in [4.69, 9.17) is 4.74 Å². The fraction of sp³-hybridized carbons (Fsp3) is 0.238. The molecular formula is C21H20N4O3. The van der Waals surface area contributed by atoms with Gasteiger partial charge in [-0.05, 0) is 37.0 Å². The summed E-state index contributed by atoms with van der Waals surface area (Å²) < 4.78 is 7.34. The van der Waals surface area contributed by atoms with Crippen molar-refractivity contribution >= 4 is 11.0 Å².